The van der Waals surface area contributed by atoms with Crippen LogP contribution in [0.15, 0.2) is 29.7 Å². The number of nitrogens with zero attached hydrogens (tertiary/aromatic N) is 1. The molecule has 0 fully saturated rings. The molecule has 0 spiro atoms. The molecular weight excluding hydrogens is 298 g/mol. The van der Waals surface area contributed by atoms with E-state index in [9.17, 15) is 4.79 Å². The van der Waals surface area contributed by atoms with Crippen molar-refractivity contribution in [2.75, 3.05) is 0 Å². The molecule has 6 heteroatoms. The minimum Gasteiger partial charge on any atom is -0.486 e. The van der Waals surface area contributed by atoms with Crippen molar-refractivity contribution < 1.29 is 14.6 Å². The quantitative estimate of drug-likeness (QED) is 0.854. The molecule has 0 amide bonds. The molecule has 2 aromatic rings. The normalized spacial score (nSPS) is 10.9. The molecule has 0 aliphatic heterocycles. The summed E-state index contributed by atoms with van der Waals surface area (Å²) in [5.74, 6) is -0.505. The molecule has 4 nitrogen and oxygen atoms in total. The number of hydrogen-bond acceptors (Lipinski definition) is 4. The molecule has 1 aromatic heterocycles. The topological polar surface area (TPSA) is 59.4 Å². The molecular formula is C14H12ClNO3S. The third kappa shape index (κ3) is 3.82. The van der Waals surface area contributed by atoms with Crippen LogP contribution in [0, 0.1) is 6.92 Å². The minimum absolute atomic E-state index is 0.326. The zero-order chi connectivity index (χ0) is 14.5. The fourth-order valence-corrected chi connectivity index (χ4v) is 2.48. The number of carboxylic acids is 1. The van der Waals surface area contributed by atoms with Crippen molar-refractivity contribution in [2.24, 2.45) is 0 Å². The number of carboxylic acid groups (broad SMARTS) is 1. The number of halogens is 1. The van der Waals surface area contributed by atoms with Crippen LogP contribution < -0.4 is 4.74 Å². The predicted molar refractivity (Wildman–Crippen MR) is 79.3 cm³/mol. The average molecular weight is 310 g/mol. The van der Waals surface area contributed by atoms with Crippen LogP contribution in [0.2, 0.25) is 5.02 Å². The zero-order valence-corrected chi connectivity index (χ0v) is 12.2. The van der Waals surface area contributed by atoms with Crippen LogP contribution >= 0.6 is 22.9 Å². The Bertz CT molecular complexity index is 652. The lowest BCUT2D eigenvalue weighted by Gasteiger charge is -2.09. The highest BCUT2D eigenvalue weighted by Gasteiger charge is 2.07. The van der Waals surface area contributed by atoms with Crippen LogP contribution in [-0.2, 0) is 11.4 Å². The number of aromatic nitrogens is 1. The number of thiazole rings is 1. The summed E-state index contributed by atoms with van der Waals surface area (Å²) in [4.78, 5) is 14.9. The Morgan fingerprint density at radius 1 is 1.55 bits per heavy atom. The molecule has 0 radical (unpaired) electrons. The number of rotatable bonds is 5. The largest absolute Gasteiger partial charge is 0.486 e. The molecule has 0 unspecified atom stereocenters. The Balaban J connectivity index is 2.18. The van der Waals surface area contributed by atoms with Gasteiger partial charge in [0, 0.05) is 22.7 Å². The van der Waals surface area contributed by atoms with E-state index in [4.69, 9.17) is 21.4 Å². The van der Waals surface area contributed by atoms with Crippen LogP contribution in [0.1, 0.15) is 16.3 Å². The van der Waals surface area contributed by atoms with E-state index >= 15 is 0 Å². The highest BCUT2D eigenvalue weighted by Crippen LogP contribution is 2.28. The number of aliphatic carboxylic acids is 1. The first-order valence-electron chi connectivity index (χ1n) is 5.79. The van der Waals surface area contributed by atoms with Crippen LogP contribution in [-0.4, -0.2) is 16.1 Å². The maximum absolute atomic E-state index is 10.6. The Morgan fingerprint density at radius 2 is 2.35 bits per heavy atom. The number of ether oxygens (including phenoxy) is 1. The van der Waals surface area contributed by atoms with Crippen LogP contribution in [0.25, 0.3) is 6.08 Å². The fraction of sp³-hybridized carbons (Fsp3) is 0.143. The van der Waals surface area contributed by atoms with Gasteiger partial charge in [0.25, 0.3) is 0 Å². The number of aryl methyl sites for hydroxylation is 1. The standard InChI is InChI=1S/C14H12ClNO3S/c1-9-8-20-13(16-9)7-19-12-4-2-3-11(15)10(12)5-6-14(17)18/h2-6,8H,7H2,1H3,(H,17,18)/b6-5+. The van der Waals surface area contributed by atoms with Crippen molar-refractivity contribution in [3.05, 3.63) is 50.9 Å². The summed E-state index contributed by atoms with van der Waals surface area (Å²) >= 11 is 7.58. The first-order chi connectivity index (χ1) is 9.56. The van der Waals surface area contributed by atoms with Gasteiger partial charge in [0.2, 0.25) is 0 Å². The first-order valence-corrected chi connectivity index (χ1v) is 7.05. The Hall–Kier alpha value is -1.85. The van der Waals surface area contributed by atoms with Crippen LogP contribution in [0.5, 0.6) is 5.75 Å². The Morgan fingerprint density at radius 3 is 3.00 bits per heavy atom. The van der Waals surface area contributed by atoms with Gasteiger partial charge >= 0.3 is 5.97 Å². The molecule has 104 valence electrons. The van der Waals surface area contributed by atoms with Crippen molar-refractivity contribution in [1.82, 2.24) is 4.98 Å². The van der Waals surface area contributed by atoms with Gasteiger partial charge in [0.15, 0.2) is 0 Å². The monoisotopic (exact) mass is 309 g/mol. The lowest BCUT2D eigenvalue weighted by Crippen LogP contribution is -1.97. The van der Waals surface area contributed by atoms with Crippen molar-refractivity contribution in [3.8, 4) is 5.75 Å². The molecule has 20 heavy (non-hydrogen) atoms. The third-order valence-electron chi connectivity index (χ3n) is 2.42. The van der Waals surface area contributed by atoms with E-state index in [1.165, 1.54) is 17.4 Å². The van der Waals surface area contributed by atoms with E-state index in [2.05, 4.69) is 4.98 Å². The van der Waals surface area contributed by atoms with Gasteiger partial charge in [-0.2, -0.15) is 0 Å². The summed E-state index contributed by atoms with van der Waals surface area (Å²) < 4.78 is 5.67. The molecule has 0 aliphatic rings. The number of carbonyl (C=O) groups is 1. The van der Waals surface area contributed by atoms with Gasteiger partial charge < -0.3 is 9.84 Å². The summed E-state index contributed by atoms with van der Waals surface area (Å²) in [6, 6.07) is 5.18. The van der Waals surface area contributed by atoms with Crippen molar-refractivity contribution in [3.63, 3.8) is 0 Å². The molecule has 0 saturated carbocycles. The first kappa shape index (κ1) is 14.6. The molecule has 2 rings (SSSR count). The van der Waals surface area contributed by atoms with Crippen molar-refractivity contribution >= 4 is 35.0 Å². The van der Waals surface area contributed by atoms with E-state index in [1.807, 2.05) is 12.3 Å². The Kier molecular flexibility index (Phi) is 4.76. The van der Waals surface area contributed by atoms with Gasteiger partial charge in [0.1, 0.15) is 17.4 Å². The molecule has 0 saturated heterocycles. The van der Waals surface area contributed by atoms with Gasteiger partial charge in [-0.1, -0.05) is 17.7 Å². The lowest BCUT2D eigenvalue weighted by atomic mass is 10.2. The molecule has 1 N–H and O–H groups in total. The third-order valence-corrected chi connectivity index (χ3v) is 3.69. The highest BCUT2D eigenvalue weighted by molar-refractivity contribution is 7.09. The van der Waals surface area contributed by atoms with E-state index in [-0.39, 0.29) is 0 Å². The van der Waals surface area contributed by atoms with Crippen LogP contribution in [0.4, 0.5) is 0 Å². The van der Waals surface area contributed by atoms with E-state index in [0.717, 1.165) is 16.8 Å². The summed E-state index contributed by atoms with van der Waals surface area (Å²) in [5.41, 5.74) is 1.50. The summed E-state index contributed by atoms with van der Waals surface area (Å²) in [5, 5.41) is 11.9. The van der Waals surface area contributed by atoms with E-state index in [1.54, 1.807) is 18.2 Å². The van der Waals surface area contributed by atoms with Gasteiger partial charge in [-0.15, -0.1) is 11.3 Å². The SMILES string of the molecule is Cc1csc(COc2cccc(Cl)c2/C=C/C(=O)O)n1. The Labute approximate surface area is 125 Å². The van der Waals surface area contributed by atoms with E-state index < -0.39 is 5.97 Å². The van der Waals surface area contributed by atoms with Gasteiger partial charge in [0.05, 0.1) is 5.02 Å². The maximum atomic E-state index is 10.6. The maximum Gasteiger partial charge on any atom is 0.328 e. The second-order valence-electron chi connectivity index (χ2n) is 3.99. The van der Waals surface area contributed by atoms with Crippen molar-refractivity contribution in [1.29, 1.82) is 0 Å². The smallest absolute Gasteiger partial charge is 0.328 e. The number of benzene rings is 1. The fourth-order valence-electron chi connectivity index (χ4n) is 1.57. The van der Waals surface area contributed by atoms with Crippen molar-refractivity contribution in [2.45, 2.75) is 13.5 Å². The zero-order valence-electron chi connectivity index (χ0n) is 10.7. The van der Waals surface area contributed by atoms with Gasteiger partial charge in [-0.25, -0.2) is 9.78 Å². The second-order valence-corrected chi connectivity index (χ2v) is 5.34. The predicted octanol–water partition coefficient (Wildman–Crippen LogP) is 3.78. The summed E-state index contributed by atoms with van der Waals surface area (Å²) in [7, 11) is 0. The molecule has 0 bridgehead atoms. The van der Waals surface area contributed by atoms with Gasteiger partial charge in [-0.3, -0.25) is 0 Å². The molecule has 1 heterocycles. The number of hydrogen-bond donors (Lipinski definition) is 1. The molecule has 0 aliphatic carbocycles. The molecule has 1 aromatic carbocycles. The lowest BCUT2D eigenvalue weighted by molar-refractivity contribution is -0.131. The summed E-state index contributed by atoms with van der Waals surface area (Å²) in [6.07, 6.45) is 2.45. The average Bonchev–Trinajstić information content (AvgIpc) is 2.81. The molecule has 0 atom stereocenters. The summed E-state index contributed by atoms with van der Waals surface area (Å²) in [6.45, 7) is 2.24. The van der Waals surface area contributed by atoms with Gasteiger partial charge in [-0.05, 0) is 25.1 Å². The van der Waals surface area contributed by atoms with E-state index in [0.29, 0.717) is 22.9 Å². The second kappa shape index (κ2) is 6.54. The van der Waals surface area contributed by atoms with Crippen LogP contribution in [0.3, 0.4) is 0 Å². The minimum atomic E-state index is -1.04. The highest BCUT2D eigenvalue weighted by atomic mass is 35.5.